The van der Waals surface area contributed by atoms with E-state index in [4.69, 9.17) is 9.57 Å². The Hall–Kier alpha value is -4.50. The number of benzene rings is 3. The van der Waals surface area contributed by atoms with Crippen LogP contribution in [0.3, 0.4) is 0 Å². The van der Waals surface area contributed by atoms with Crippen LogP contribution < -0.4 is 5.32 Å². The van der Waals surface area contributed by atoms with Gasteiger partial charge in [0.2, 0.25) is 11.3 Å². The molecule has 3 aromatic carbocycles. The van der Waals surface area contributed by atoms with Gasteiger partial charge in [-0.15, -0.1) is 11.3 Å². The van der Waals surface area contributed by atoms with Crippen LogP contribution in [0.5, 0.6) is 0 Å². The lowest BCUT2D eigenvalue weighted by molar-refractivity contribution is -0.165. The van der Waals surface area contributed by atoms with Crippen LogP contribution in [0.1, 0.15) is 36.2 Å². The van der Waals surface area contributed by atoms with Gasteiger partial charge in [0.25, 0.3) is 0 Å². The number of methoxy groups -OCH3 is 1. The first-order valence-electron chi connectivity index (χ1n) is 11.8. The van der Waals surface area contributed by atoms with Crippen LogP contribution in [0.15, 0.2) is 102 Å². The van der Waals surface area contributed by atoms with E-state index < -0.39 is 28.8 Å². The van der Waals surface area contributed by atoms with Gasteiger partial charge in [-0.3, -0.25) is 0 Å². The molecule has 0 spiro atoms. The van der Waals surface area contributed by atoms with E-state index in [9.17, 15) is 14.7 Å². The molecule has 0 bridgehead atoms. The Morgan fingerprint density at radius 3 is 1.76 bits per heavy atom. The van der Waals surface area contributed by atoms with Crippen LogP contribution in [0.4, 0.5) is 5.13 Å². The maximum Gasteiger partial charge on any atom is 0.360 e. The fraction of sp³-hybridized carbons (Fsp3) is 0.172. The molecule has 0 aliphatic heterocycles. The van der Waals surface area contributed by atoms with E-state index >= 15 is 0 Å². The molecule has 194 valence electrons. The zero-order valence-electron chi connectivity index (χ0n) is 21.1. The van der Waals surface area contributed by atoms with Crippen molar-refractivity contribution < 1.29 is 24.3 Å². The number of rotatable bonds is 10. The molecule has 8 nitrogen and oxygen atoms in total. The van der Waals surface area contributed by atoms with Gasteiger partial charge in [-0.25, -0.2) is 14.6 Å². The maximum atomic E-state index is 12.0. The molecule has 9 heteroatoms. The van der Waals surface area contributed by atoms with Crippen molar-refractivity contribution in [1.82, 2.24) is 4.98 Å². The lowest BCUT2D eigenvalue weighted by Crippen LogP contribution is -2.38. The standard InChI is InChI=1S/C29H27N3O5S/c1-28(2,26(35)36-3)37-32-24(25(33)34)23-19-38-27(30-23)31-29(20-13-7-4-8-14-20,21-15-9-5-10-16-21)22-17-11-6-12-18-22/h4-19H,1-3H3,(H,30,31)(H,33,34). The minimum atomic E-state index is -1.48. The smallest absolute Gasteiger partial charge is 0.360 e. The Morgan fingerprint density at radius 1 is 0.868 bits per heavy atom. The molecule has 38 heavy (non-hydrogen) atoms. The molecule has 1 aromatic heterocycles. The summed E-state index contributed by atoms with van der Waals surface area (Å²) in [5.74, 6) is -2.03. The highest BCUT2D eigenvalue weighted by Gasteiger charge is 2.37. The Kier molecular flexibility index (Phi) is 7.87. The largest absolute Gasteiger partial charge is 0.476 e. The van der Waals surface area contributed by atoms with E-state index in [1.165, 1.54) is 32.3 Å². The highest BCUT2D eigenvalue weighted by atomic mass is 32.1. The Labute approximate surface area is 224 Å². The Bertz CT molecular complexity index is 1320. The highest BCUT2D eigenvalue weighted by molar-refractivity contribution is 7.14. The van der Waals surface area contributed by atoms with Crippen molar-refractivity contribution in [2.45, 2.75) is 25.0 Å². The van der Waals surface area contributed by atoms with Crippen LogP contribution in [0, 0.1) is 0 Å². The summed E-state index contributed by atoms with van der Waals surface area (Å²) in [7, 11) is 1.21. The molecule has 2 N–H and O–H groups in total. The van der Waals surface area contributed by atoms with Crippen LogP contribution in [-0.2, 0) is 24.7 Å². The first kappa shape index (κ1) is 26.6. The number of hydrogen-bond acceptors (Lipinski definition) is 8. The van der Waals surface area contributed by atoms with Crippen molar-refractivity contribution in [1.29, 1.82) is 0 Å². The third-order valence-corrected chi connectivity index (χ3v) is 6.66. The lowest BCUT2D eigenvalue weighted by atomic mass is 9.77. The van der Waals surface area contributed by atoms with E-state index in [0.29, 0.717) is 5.13 Å². The van der Waals surface area contributed by atoms with E-state index in [1.54, 1.807) is 5.38 Å². The SMILES string of the molecule is COC(=O)C(C)(C)ON=C(C(=O)O)c1csc(NC(c2ccccc2)(c2ccccc2)c2ccccc2)n1. The summed E-state index contributed by atoms with van der Waals surface area (Å²) in [6.45, 7) is 2.87. The molecule has 0 aliphatic carbocycles. The van der Waals surface area contributed by atoms with Crippen LogP contribution >= 0.6 is 11.3 Å². The quantitative estimate of drug-likeness (QED) is 0.124. The second kappa shape index (κ2) is 11.3. The summed E-state index contributed by atoms with van der Waals surface area (Å²) >= 11 is 1.24. The molecule has 0 saturated heterocycles. The molecule has 0 saturated carbocycles. The van der Waals surface area contributed by atoms with Crippen LogP contribution in [0.2, 0.25) is 0 Å². The Balaban J connectivity index is 1.80. The zero-order valence-corrected chi connectivity index (χ0v) is 21.9. The normalized spacial score (nSPS) is 12.0. The average Bonchev–Trinajstić information content (AvgIpc) is 3.40. The van der Waals surface area contributed by atoms with E-state index in [-0.39, 0.29) is 5.69 Å². The van der Waals surface area contributed by atoms with Gasteiger partial charge >= 0.3 is 11.9 Å². The maximum absolute atomic E-state index is 12.0. The molecular weight excluding hydrogens is 502 g/mol. The minimum Gasteiger partial charge on any atom is -0.476 e. The highest BCUT2D eigenvalue weighted by Crippen LogP contribution is 2.40. The number of carbonyl (C=O) groups excluding carboxylic acids is 1. The van der Waals surface area contributed by atoms with Gasteiger partial charge in [0, 0.05) is 5.38 Å². The van der Waals surface area contributed by atoms with Gasteiger partial charge in [0.05, 0.1) is 7.11 Å². The number of nitrogens with zero attached hydrogens (tertiary/aromatic N) is 2. The van der Waals surface area contributed by atoms with Gasteiger partial charge in [-0.2, -0.15) is 0 Å². The van der Waals surface area contributed by atoms with Gasteiger partial charge in [0.1, 0.15) is 11.2 Å². The molecular formula is C29H27N3O5S. The van der Waals surface area contributed by atoms with Gasteiger partial charge < -0.3 is 20.0 Å². The van der Waals surface area contributed by atoms with Crippen molar-refractivity contribution in [3.05, 3.63) is 119 Å². The summed E-state index contributed by atoms with van der Waals surface area (Å²) in [5, 5.41) is 19.2. The number of carboxylic acid groups (broad SMARTS) is 1. The van der Waals surface area contributed by atoms with Crippen LogP contribution in [-0.4, -0.2) is 40.5 Å². The number of thiazole rings is 1. The number of aromatic nitrogens is 1. The summed E-state index contributed by atoms with van der Waals surface area (Å²) in [6, 6.07) is 29.9. The van der Waals surface area contributed by atoms with E-state index in [2.05, 4.69) is 15.5 Å². The monoisotopic (exact) mass is 529 g/mol. The number of oxime groups is 1. The first-order chi connectivity index (χ1) is 18.3. The van der Waals surface area contributed by atoms with E-state index in [0.717, 1.165) is 16.7 Å². The van der Waals surface area contributed by atoms with Gasteiger partial charge in [-0.1, -0.05) is 96.2 Å². The summed E-state index contributed by atoms with van der Waals surface area (Å²) in [6.07, 6.45) is 0. The second-order valence-corrected chi connectivity index (χ2v) is 9.71. The summed E-state index contributed by atoms with van der Waals surface area (Å²) < 4.78 is 4.69. The van der Waals surface area contributed by atoms with Crippen molar-refractivity contribution in [2.24, 2.45) is 5.16 Å². The molecule has 0 fully saturated rings. The Morgan fingerprint density at radius 2 is 1.34 bits per heavy atom. The number of anilines is 1. The van der Waals surface area contributed by atoms with Crippen molar-refractivity contribution in [3.8, 4) is 0 Å². The summed E-state index contributed by atoms with van der Waals surface area (Å²) in [5.41, 5.74) is 0.279. The number of esters is 1. The number of carbonyl (C=O) groups is 2. The van der Waals surface area contributed by atoms with E-state index in [1.807, 2.05) is 91.0 Å². The van der Waals surface area contributed by atoms with Crippen molar-refractivity contribution >= 4 is 34.1 Å². The van der Waals surface area contributed by atoms with Crippen LogP contribution in [0.25, 0.3) is 0 Å². The van der Waals surface area contributed by atoms with Gasteiger partial charge in [-0.05, 0) is 30.5 Å². The zero-order chi connectivity index (χ0) is 27.2. The molecule has 0 atom stereocenters. The number of carboxylic acids is 1. The molecule has 0 unspecified atom stereocenters. The number of ether oxygens (including phenoxy) is 1. The first-order valence-corrected chi connectivity index (χ1v) is 12.6. The number of aliphatic carboxylic acids is 1. The summed E-state index contributed by atoms with van der Waals surface area (Å²) in [4.78, 5) is 33.8. The van der Waals surface area contributed by atoms with Gasteiger partial charge in [0.15, 0.2) is 5.13 Å². The number of nitrogens with one attached hydrogen (secondary N) is 1. The predicted octanol–water partition coefficient (Wildman–Crippen LogP) is 5.30. The molecule has 0 radical (unpaired) electrons. The predicted molar refractivity (Wildman–Crippen MR) is 146 cm³/mol. The topological polar surface area (TPSA) is 110 Å². The molecule has 4 aromatic rings. The molecule has 1 heterocycles. The third kappa shape index (κ3) is 5.42. The average molecular weight is 530 g/mol. The minimum absolute atomic E-state index is 0.0914. The lowest BCUT2D eigenvalue weighted by Gasteiger charge is -2.36. The van der Waals surface area contributed by atoms with Crippen molar-refractivity contribution in [2.75, 3.05) is 12.4 Å². The number of hydrogen-bond donors (Lipinski definition) is 2. The third-order valence-electron chi connectivity index (χ3n) is 5.91. The fourth-order valence-corrected chi connectivity index (χ4v) is 4.77. The molecule has 4 rings (SSSR count). The second-order valence-electron chi connectivity index (χ2n) is 8.85. The molecule has 0 amide bonds. The molecule has 0 aliphatic rings. The van der Waals surface area contributed by atoms with Crippen molar-refractivity contribution in [3.63, 3.8) is 0 Å². The fourth-order valence-electron chi connectivity index (χ4n) is 4.02.